The summed E-state index contributed by atoms with van der Waals surface area (Å²) in [7, 11) is -3.91. The second kappa shape index (κ2) is 12.2. The van der Waals surface area contributed by atoms with Crippen LogP contribution in [0.5, 0.6) is 0 Å². The summed E-state index contributed by atoms with van der Waals surface area (Å²) < 4.78 is 39.6. The number of hydrogen-bond acceptors (Lipinski definition) is 4. The van der Waals surface area contributed by atoms with Gasteiger partial charge in [-0.15, -0.1) is 0 Å². The van der Waals surface area contributed by atoms with E-state index in [4.69, 9.17) is 11.6 Å². The molecule has 2 amide bonds. The SMILES string of the molecule is CCC(C(=O)NCC(C)C)N(Cc1ccc(Cl)cc1)C(=O)CN(c1cccc(F)c1)S(C)(=O)=O. The lowest BCUT2D eigenvalue weighted by atomic mass is 10.1. The Bertz CT molecular complexity index is 1090. The number of hydrogen-bond donors (Lipinski definition) is 1. The molecular weight excluding hydrogens is 481 g/mol. The van der Waals surface area contributed by atoms with Gasteiger partial charge in [0.15, 0.2) is 0 Å². The Morgan fingerprint density at radius 2 is 1.76 bits per heavy atom. The smallest absolute Gasteiger partial charge is 0.244 e. The Morgan fingerprint density at radius 1 is 1.12 bits per heavy atom. The van der Waals surface area contributed by atoms with Gasteiger partial charge in [-0.25, -0.2) is 12.8 Å². The predicted octanol–water partition coefficient (Wildman–Crippen LogP) is 3.82. The number of amides is 2. The van der Waals surface area contributed by atoms with Crippen LogP contribution in [0.1, 0.15) is 32.8 Å². The average Bonchev–Trinajstić information content (AvgIpc) is 2.76. The molecule has 10 heteroatoms. The van der Waals surface area contributed by atoms with E-state index in [9.17, 15) is 22.4 Å². The Kier molecular flexibility index (Phi) is 9.88. The number of anilines is 1. The van der Waals surface area contributed by atoms with Gasteiger partial charge < -0.3 is 10.2 Å². The van der Waals surface area contributed by atoms with Gasteiger partial charge in [-0.2, -0.15) is 0 Å². The van der Waals surface area contributed by atoms with E-state index in [2.05, 4.69) is 5.32 Å². The van der Waals surface area contributed by atoms with Gasteiger partial charge in [0.05, 0.1) is 11.9 Å². The molecule has 2 aromatic carbocycles. The van der Waals surface area contributed by atoms with Gasteiger partial charge in [-0.1, -0.05) is 50.6 Å². The minimum absolute atomic E-state index is 0.0274. The molecule has 2 aromatic rings. The summed E-state index contributed by atoms with van der Waals surface area (Å²) in [5.41, 5.74) is 0.754. The number of rotatable bonds is 11. The summed E-state index contributed by atoms with van der Waals surface area (Å²) in [6.45, 7) is 5.63. The maximum absolute atomic E-state index is 13.8. The van der Waals surface area contributed by atoms with Gasteiger partial charge >= 0.3 is 0 Å². The summed E-state index contributed by atoms with van der Waals surface area (Å²) in [6, 6.07) is 11.0. The number of nitrogens with one attached hydrogen (secondary N) is 1. The van der Waals surface area contributed by atoms with Gasteiger partial charge in [0.2, 0.25) is 21.8 Å². The quantitative estimate of drug-likeness (QED) is 0.497. The zero-order valence-corrected chi connectivity index (χ0v) is 21.4. The van der Waals surface area contributed by atoms with Crippen LogP contribution in [0.25, 0.3) is 0 Å². The highest BCUT2D eigenvalue weighted by Gasteiger charge is 2.31. The second-order valence-corrected chi connectivity index (χ2v) is 10.8. The van der Waals surface area contributed by atoms with Gasteiger partial charge in [-0.3, -0.25) is 13.9 Å². The Labute approximate surface area is 205 Å². The van der Waals surface area contributed by atoms with Crippen molar-refractivity contribution in [1.82, 2.24) is 10.2 Å². The monoisotopic (exact) mass is 511 g/mol. The number of nitrogens with zero attached hydrogens (tertiary/aromatic N) is 2. The molecule has 0 saturated carbocycles. The summed E-state index contributed by atoms with van der Waals surface area (Å²) in [6.07, 6.45) is 1.27. The molecule has 0 spiro atoms. The van der Waals surface area contributed by atoms with E-state index in [1.54, 1.807) is 31.2 Å². The van der Waals surface area contributed by atoms with E-state index in [0.717, 1.165) is 22.2 Å². The van der Waals surface area contributed by atoms with Crippen molar-refractivity contribution in [2.75, 3.05) is 23.7 Å². The van der Waals surface area contributed by atoms with Crippen LogP contribution >= 0.6 is 11.6 Å². The third-order valence-electron chi connectivity index (χ3n) is 5.11. The first kappa shape index (κ1) is 27.6. The van der Waals surface area contributed by atoms with Gasteiger partial charge in [0.1, 0.15) is 18.4 Å². The molecule has 1 N–H and O–H groups in total. The summed E-state index contributed by atoms with van der Waals surface area (Å²) >= 11 is 5.97. The van der Waals surface area contributed by atoms with Crippen molar-refractivity contribution in [3.05, 3.63) is 64.9 Å². The highest BCUT2D eigenvalue weighted by Crippen LogP contribution is 2.21. The zero-order valence-electron chi connectivity index (χ0n) is 19.8. The minimum atomic E-state index is -3.91. The molecule has 0 fully saturated rings. The molecule has 0 bridgehead atoms. The van der Waals surface area contributed by atoms with Crippen LogP contribution in [-0.2, 0) is 26.2 Å². The third kappa shape index (κ3) is 7.99. The van der Waals surface area contributed by atoms with Crippen molar-refractivity contribution < 1.29 is 22.4 Å². The van der Waals surface area contributed by atoms with Crippen LogP contribution < -0.4 is 9.62 Å². The number of benzene rings is 2. The Balaban J connectivity index is 2.41. The lowest BCUT2D eigenvalue weighted by molar-refractivity contribution is -0.140. The van der Waals surface area contributed by atoms with Crippen LogP contribution in [0.4, 0.5) is 10.1 Å². The van der Waals surface area contributed by atoms with Gasteiger partial charge in [0.25, 0.3) is 0 Å². The van der Waals surface area contributed by atoms with E-state index in [1.807, 2.05) is 13.8 Å². The number of carbonyl (C=O) groups is 2. The van der Waals surface area contributed by atoms with E-state index in [1.165, 1.54) is 23.1 Å². The molecule has 186 valence electrons. The normalized spacial score (nSPS) is 12.3. The van der Waals surface area contributed by atoms with Crippen LogP contribution in [0.2, 0.25) is 5.02 Å². The van der Waals surface area contributed by atoms with Crippen molar-refractivity contribution in [3.63, 3.8) is 0 Å². The van der Waals surface area contributed by atoms with Crippen molar-refractivity contribution in [3.8, 4) is 0 Å². The summed E-state index contributed by atoms with van der Waals surface area (Å²) in [5.74, 6) is -1.32. The molecule has 0 heterocycles. The molecule has 0 aliphatic carbocycles. The van der Waals surface area contributed by atoms with E-state index in [0.29, 0.717) is 18.0 Å². The Morgan fingerprint density at radius 3 is 2.29 bits per heavy atom. The van der Waals surface area contributed by atoms with E-state index >= 15 is 0 Å². The van der Waals surface area contributed by atoms with Crippen molar-refractivity contribution in [1.29, 1.82) is 0 Å². The minimum Gasteiger partial charge on any atom is -0.354 e. The van der Waals surface area contributed by atoms with Crippen molar-refractivity contribution in [2.24, 2.45) is 5.92 Å². The molecule has 1 unspecified atom stereocenters. The van der Waals surface area contributed by atoms with Crippen molar-refractivity contribution in [2.45, 2.75) is 39.8 Å². The zero-order chi connectivity index (χ0) is 25.5. The Hall–Kier alpha value is -2.65. The molecule has 7 nitrogen and oxygen atoms in total. The number of carbonyl (C=O) groups excluding carboxylic acids is 2. The van der Waals surface area contributed by atoms with E-state index < -0.39 is 34.3 Å². The maximum atomic E-state index is 13.8. The molecule has 0 saturated heterocycles. The fourth-order valence-electron chi connectivity index (χ4n) is 3.37. The highest BCUT2D eigenvalue weighted by molar-refractivity contribution is 7.92. The highest BCUT2D eigenvalue weighted by atomic mass is 35.5. The number of sulfonamides is 1. The molecular formula is C24H31ClFN3O4S. The topological polar surface area (TPSA) is 86.8 Å². The van der Waals surface area contributed by atoms with Crippen LogP contribution in [0.15, 0.2) is 48.5 Å². The fourth-order valence-corrected chi connectivity index (χ4v) is 4.34. The maximum Gasteiger partial charge on any atom is 0.244 e. The summed E-state index contributed by atoms with van der Waals surface area (Å²) in [5, 5.41) is 3.38. The lowest BCUT2D eigenvalue weighted by Gasteiger charge is -2.33. The van der Waals surface area contributed by atoms with Crippen LogP contribution in [-0.4, -0.2) is 50.5 Å². The number of halogens is 2. The average molecular weight is 512 g/mol. The predicted molar refractivity (Wildman–Crippen MR) is 133 cm³/mol. The molecule has 2 rings (SSSR count). The first-order valence-electron chi connectivity index (χ1n) is 11.0. The lowest BCUT2D eigenvalue weighted by Crippen LogP contribution is -2.52. The van der Waals surface area contributed by atoms with Gasteiger partial charge in [0, 0.05) is 18.1 Å². The molecule has 1 atom stereocenters. The summed E-state index contributed by atoms with van der Waals surface area (Å²) in [4.78, 5) is 27.8. The molecule has 0 radical (unpaired) electrons. The third-order valence-corrected chi connectivity index (χ3v) is 6.50. The second-order valence-electron chi connectivity index (χ2n) is 8.46. The largest absolute Gasteiger partial charge is 0.354 e. The standard InChI is InChI=1S/C24H31ClFN3O4S/c1-5-22(24(31)27-14-17(2)3)28(15-18-9-11-19(25)12-10-18)23(30)16-29(34(4,32)33)21-8-6-7-20(26)13-21/h6-13,17,22H,5,14-16H2,1-4H3,(H,27,31). The molecule has 0 aliphatic rings. The first-order valence-corrected chi connectivity index (χ1v) is 13.2. The molecule has 34 heavy (non-hydrogen) atoms. The van der Waals surface area contributed by atoms with Crippen molar-refractivity contribution >= 4 is 39.1 Å². The van der Waals surface area contributed by atoms with Crippen LogP contribution in [0, 0.1) is 11.7 Å². The molecule has 0 aliphatic heterocycles. The first-order chi connectivity index (χ1) is 15.9. The van der Waals surface area contributed by atoms with E-state index in [-0.39, 0.29) is 24.1 Å². The van der Waals surface area contributed by atoms with Gasteiger partial charge in [-0.05, 0) is 48.2 Å². The van der Waals surface area contributed by atoms with Crippen LogP contribution in [0.3, 0.4) is 0 Å². The molecule has 0 aromatic heterocycles. The fraction of sp³-hybridized carbons (Fsp3) is 0.417.